The van der Waals surface area contributed by atoms with Gasteiger partial charge in [0.05, 0.1) is 17.8 Å². The van der Waals surface area contributed by atoms with Crippen LogP contribution in [0.25, 0.3) is 0 Å². The summed E-state index contributed by atoms with van der Waals surface area (Å²) in [7, 11) is 0. The lowest BCUT2D eigenvalue weighted by Gasteiger charge is -2.30. The van der Waals surface area contributed by atoms with E-state index in [2.05, 4.69) is 12.0 Å². The monoisotopic (exact) mass is 225 g/mol. The Balaban J connectivity index is 2.75. The molecule has 1 unspecified atom stereocenters. The van der Waals surface area contributed by atoms with Crippen LogP contribution in [0.2, 0.25) is 0 Å². The van der Waals surface area contributed by atoms with E-state index in [4.69, 9.17) is 10.5 Å². The summed E-state index contributed by atoms with van der Waals surface area (Å²) in [6.07, 6.45) is 4.92. The number of rotatable bonds is 6. The smallest absolute Gasteiger partial charge is 0.0819 e. The molecule has 1 aromatic heterocycles. The van der Waals surface area contributed by atoms with Crippen molar-refractivity contribution in [1.82, 2.24) is 9.78 Å². The number of hydrogen-bond donors (Lipinski definition) is 1. The molecule has 0 aliphatic carbocycles. The van der Waals surface area contributed by atoms with Crippen LogP contribution in [0.4, 0.5) is 0 Å². The lowest BCUT2D eigenvalue weighted by molar-refractivity contribution is -0.0298. The molecular weight excluding hydrogens is 202 g/mol. The van der Waals surface area contributed by atoms with Crippen molar-refractivity contribution in [3.63, 3.8) is 0 Å². The third-order valence-corrected chi connectivity index (χ3v) is 2.73. The molecule has 0 saturated heterocycles. The predicted octanol–water partition coefficient (Wildman–Crippen LogP) is 2.11. The quantitative estimate of drug-likeness (QED) is 0.806. The van der Waals surface area contributed by atoms with Gasteiger partial charge in [-0.3, -0.25) is 4.68 Å². The van der Waals surface area contributed by atoms with Crippen molar-refractivity contribution in [2.24, 2.45) is 5.73 Å². The molecule has 0 fully saturated rings. The first-order valence-corrected chi connectivity index (χ1v) is 5.93. The summed E-state index contributed by atoms with van der Waals surface area (Å²) in [5, 5.41) is 4.28. The Bertz CT molecular complexity index is 320. The highest BCUT2D eigenvalue weighted by Gasteiger charge is 2.29. The van der Waals surface area contributed by atoms with E-state index in [1.807, 2.05) is 37.8 Å². The second kappa shape index (κ2) is 5.46. The van der Waals surface area contributed by atoms with Gasteiger partial charge in [-0.2, -0.15) is 5.10 Å². The van der Waals surface area contributed by atoms with Crippen molar-refractivity contribution < 1.29 is 4.74 Å². The van der Waals surface area contributed by atoms with E-state index < -0.39 is 0 Å². The number of ether oxygens (including phenoxy) is 1. The summed E-state index contributed by atoms with van der Waals surface area (Å²) < 4.78 is 7.58. The summed E-state index contributed by atoms with van der Waals surface area (Å²) in [6, 6.07) is -0.141. The molecule has 1 rings (SSSR count). The van der Waals surface area contributed by atoms with Gasteiger partial charge in [-0.15, -0.1) is 0 Å². The van der Waals surface area contributed by atoms with Gasteiger partial charge in [0.15, 0.2) is 0 Å². The van der Waals surface area contributed by atoms with Gasteiger partial charge in [0, 0.05) is 24.9 Å². The summed E-state index contributed by atoms with van der Waals surface area (Å²) in [5.41, 5.74) is 6.87. The normalized spacial score (nSPS) is 14.1. The van der Waals surface area contributed by atoms with E-state index in [0.717, 1.165) is 18.5 Å². The lowest BCUT2D eigenvalue weighted by atomic mass is 9.95. The van der Waals surface area contributed by atoms with Crippen molar-refractivity contribution in [1.29, 1.82) is 0 Å². The van der Waals surface area contributed by atoms with E-state index in [1.54, 1.807) is 0 Å². The highest BCUT2D eigenvalue weighted by molar-refractivity contribution is 5.14. The summed E-state index contributed by atoms with van der Waals surface area (Å²) in [6.45, 7) is 9.74. The van der Waals surface area contributed by atoms with Crippen LogP contribution in [0.5, 0.6) is 0 Å². The maximum atomic E-state index is 6.19. The first kappa shape index (κ1) is 13.2. The second-order valence-electron chi connectivity index (χ2n) is 4.55. The van der Waals surface area contributed by atoms with Crippen LogP contribution in [-0.4, -0.2) is 22.0 Å². The van der Waals surface area contributed by atoms with Crippen molar-refractivity contribution in [2.45, 2.75) is 52.3 Å². The zero-order valence-corrected chi connectivity index (χ0v) is 10.7. The first-order chi connectivity index (χ1) is 7.51. The molecule has 0 amide bonds. The standard InChI is InChI=1S/C12H23N3O/c1-5-7-15-9-10(8-14-15)11(13)12(3,4)16-6-2/h8-9,11H,5-7,13H2,1-4H3. The van der Waals surface area contributed by atoms with Gasteiger partial charge in [-0.1, -0.05) is 6.92 Å². The van der Waals surface area contributed by atoms with Crippen molar-refractivity contribution in [3.05, 3.63) is 18.0 Å². The van der Waals surface area contributed by atoms with Gasteiger partial charge in [-0.25, -0.2) is 0 Å². The molecule has 1 heterocycles. The molecule has 0 spiro atoms. The van der Waals surface area contributed by atoms with Gasteiger partial charge in [0.1, 0.15) is 0 Å². The minimum absolute atomic E-state index is 0.141. The van der Waals surface area contributed by atoms with Crippen molar-refractivity contribution >= 4 is 0 Å². The molecule has 1 aromatic rings. The summed E-state index contributed by atoms with van der Waals surface area (Å²) >= 11 is 0. The molecule has 0 aliphatic heterocycles. The molecule has 16 heavy (non-hydrogen) atoms. The Labute approximate surface area is 97.8 Å². The largest absolute Gasteiger partial charge is 0.374 e. The van der Waals surface area contributed by atoms with Crippen LogP contribution in [0.15, 0.2) is 12.4 Å². The minimum atomic E-state index is -0.352. The van der Waals surface area contributed by atoms with E-state index >= 15 is 0 Å². The zero-order valence-electron chi connectivity index (χ0n) is 10.7. The summed E-state index contributed by atoms with van der Waals surface area (Å²) in [5.74, 6) is 0. The highest BCUT2D eigenvalue weighted by Crippen LogP contribution is 2.26. The third kappa shape index (κ3) is 3.06. The second-order valence-corrected chi connectivity index (χ2v) is 4.55. The predicted molar refractivity (Wildman–Crippen MR) is 65.2 cm³/mol. The molecule has 0 bridgehead atoms. The molecule has 4 nitrogen and oxygen atoms in total. The Morgan fingerprint density at radius 1 is 1.50 bits per heavy atom. The number of nitrogens with two attached hydrogens (primary N) is 1. The maximum absolute atomic E-state index is 6.19. The molecule has 0 aliphatic rings. The van der Waals surface area contributed by atoms with E-state index in [9.17, 15) is 0 Å². The average molecular weight is 225 g/mol. The molecule has 0 radical (unpaired) electrons. The highest BCUT2D eigenvalue weighted by atomic mass is 16.5. The molecule has 0 aromatic carbocycles. The van der Waals surface area contributed by atoms with Gasteiger partial charge in [0.2, 0.25) is 0 Å². The van der Waals surface area contributed by atoms with Crippen LogP contribution in [0, 0.1) is 0 Å². The van der Waals surface area contributed by atoms with Crippen LogP contribution < -0.4 is 5.73 Å². The van der Waals surface area contributed by atoms with Gasteiger partial charge in [0.25, 0.3) is 0 Å². The average Bonchev–Trinajstić information content (AvgIpc) is 2.65. The Morgan fingerprint density at radius 2 is 2.19 bits per heavy atom. The third-order valence-electron chi connectivity index (χ3n) is 2.73. The van der Waals surface area contributed by atoms with Crippen molar-refractivity contribution in [3.8, 4) is 0 Å². The van der Waals surface area contributed by atoms with Crippen LogP contribution >= 0.6 is 0 Å². The van der Waals surface area contributed by atoms with Crippen LogP contribution in [0.3, 0.4) is 0 Å². The Kier molecular flexibility index (Phi) is 4.50. The Morgan fingerprint density at radius 3 is 2.75 bits per heavy atom. The van der Waals surface area contributed by atoms with Gasteiger partial charge >= 0.3 is 0 Å². The lowest BCUT2D eigenvalue weighted by Crippen LogP contribution is -2.38. The van der Waals surface area contributed by atoms with Crippen LogP contribution in [-0.2, 0) is 11.3 Å². The van der Waals surface area contributed by atoms with Gasteiger partial charge < -0.3 is 10.5 Å². The molecule has 1 atom stereocenters. The van der Waals surface area contributed by atoms with Gasteiger partial charge in [-0.05, 0) is 27.2 Å². The fraction of sp³-hybridized carbons (Fsp3) is 0.750. The molecule has 0 saturated carbocycles. The molecule has 2 N–H and O–H groups in total. The Hall–Kier alpha value is -0.870. The van der Waals surface area contributed by atoms with E-state index in [0.29, 0.717) is 6.61 Å². The van der Waals surface area contributed by atoms with E-state index in [-0.39, 0.29) is 11.6 Å². The minimum Gasteiger partial charge on any atom is -0.374 e. The van der Waals surface area contributed by atoms with E-state index in [1.165, 1.54) is 0 Å². The molecule has 92 valence electrons. The first-order valence-electron chi connectivity index (χ1n) is 5.93. The SMILES string of the molecule is CCCn1cc(C(N)C(C)(C)OCC)cn1. The fourth-order valence-corrected chi connectivity index (χ4v) is 1.75. The number of hydrogen-bond acceptors (Lipinski definition) is 3. The number of nitrogens with zero attached hydrogens (tertiary/aromatic N) is 2. The number of aryl methyl sites for hydroxylation is 1. The fourth-order valence-electron chi connectivity index (χ4n) is 1.75. The topological polar surface area (TPSA) is 53.1 Å². The van der Waals surface area contributed by atoms with Crippen LogP contribution in [0.1, 0.15) is 45.7 Å². The molecular formula is C12H23N3O. The zero-order chi connectivity index (χ0) is 12.2. The number of aromatic nitrogens is 2. The maximum Gasteiger partial charge on any atom is 0.0819 e. The van der Waals surface area contributed by atoms with Crippen molar-refractivity contribution in [2.75, 3.05) is 6.61 Å². The summed E-state index contributed by atoms with van der Waals surface area (Å²) in [4.78, 5) is 0. The molecule has 4 heteroatoms.